The molecular weight excluding hydrogens is 467 g/mol. The number of aromatic nitrogens is 1. The molecule has 0 saturated carbocycles. The lowest BCUT2D eigenvalue weighted by atomic mass is 9.98. The van der Waals surface area contributed by atoms with Crippen LogP contribution in [0.15, 0.2) is 54.9 Å². The van der Waals surface area contributed by atoms with Gasteiger partial charge in [0.2, 0.25) is 5.91 Å². The highest BCUT2D eigenvalue weighted by molar-refractivity contribution is 5.85. The molecule has 1 aromatic carbocycles. The summed E-state index contributed by atoms with van der Waals surface area (Å²) in [6.07, 6.45) is 3.10. The van der Waals surface area contributed by atoms with E-state index in [9.17, 15) is 14.7 Å². The van der Waals surface area contributed by atoms with Gasteiger partial charge in [0.05, 0.1) is 12.5 Å². The molecule has 8 nitrogen and oxygen atoms in total. The standard InChI is InChI=1S/C23H32N4O4.2ClH/c1-3-27(22(29)21(16-28)20-7-5-4-6-8-20)15-19-9-11-26(12-10-19)17-31-23(30)25-14-18(2)13-24;;/h4-12,18,21,28H,3,13-17,24H2,1-2H3;2*1H. The van der Waals surface area contributed by atoms with Gasteiger partial charge in [0.25, 0.3) is 6.73 Å². The third kappa shape index (κ3) is 9.96. The van der Waals surface area contributed by atoms with E-state index in [1.165, 1.54) is 0 Å². The molecule has 2 atom stereocenters. The van der Waals surface area contributed by atoms with Gasteiger partial charge in [0.1, 0.15) is 0 Å². The van der Waals surface area contributed by atoms with Crippen molar-refractivity contribution in [1.29, 1.82) is 0 Å². The van der Waals surface area contributed by atoms with Crippen molar-refractivity contribution >= 4 is 24.4 Å². The number of ether oxygens (including phenoxy) is 1. The molecule has 0 aliphatic heterocycles. The maximum Gasteiger partial charge on any atom is 0.412 e. The highest BCUT2D eigenvalue weighted by Gasteiger charge is 2.24. The fourth-order valence-electron chi connectivity index (χ4n) is 3.00. The zero-order chi connectivity index (χ0) is 22.6. The van der Waals surface area contributed by atoms with E-state index in [2.05, 4.69) is 5.32 Å². The van der Waals surface area contributed by atoms with Crippen molar-refractivity contribution < 1.29 is 36.4 Å². The zero-order valence-electron chi connectivity index (χ0n) is 19.0. The molecule has 2 amide bonds. The molecule has 0 aliphatic rings. The number of hydrogen-bond donors (Lipinski definition) is 3. The van der Waals surface area contributed by atoms with Gasteiger partial charge >= 0.3 is 6.09 Å². The summed E-state index contributed by atoms with van der Waals surface area (Å²) < 4.78 is 6.91. The van der Waals surface area contributed by atoms with Crippen LogP contribution in [-0.2, 0) is 22.8 Å². The number of carbonyl (C=O) groups excluding carboxylic acids is 2. The van der Waals surface area contributed by atoms with Crippen molar-refractivity contribution in [3.63, 3.8) is 0 Å². The first kappa shape index (κ1) is 30.6. The van der Waals surface area contributed by atoms with E-state index in [1.54, 1.807) is 21.9 Å². The number of nitrogens with one attached hydrogen (secondary N) is 1. The Balaban J connectivity index is 0.00000512. The topological polar surface area (TPSA) is 109 Å². The van der Waals surface area contributed by atoms with Crippen LogP contribution in [0.5, 0.6) is 0 Å². The second kappa shape index (κ2) is 16.3. The van der Waals surface area contributed by atoms with Crippen molar-refractivity contribution in [2.75, 3.05) is 26.2 Å². The first-order valence-corrected chi connectivity index (χ1v) is 10.5. The fraction of sp³-hybridized carbons (Fsp3) is 0.435. The monoisotopic (exact) mass is 500 g/mol. The van der Waals surface area contributed by atoms with Crippen LogP contribution in [0.4, 0.5) is 4.79 Å². The summed E-state index contributed by atoms with van der Waals surface area (Å²) in [5.74, 6) is -0.501. The Hall–Kier alpha value is -2.39. The number of halogens is 2. The second-order valence-corrected chi connectivity index (χ2v) is 7.50. The van der Waals surface area contributed by atoms with Crippen LogP contribution in [0.25, 0.3) is 0 Å². The van der Waals surface area contributed by atoms with E-state index in [0.717, 1.165) is 11.1 Å². The number of nitrogens with two attached hydrogens (primary N) is 1. The Labute approximate surface area is 207 Å². The van der Waals surface area contributed by atoms with Crippen molar-refractivity contribution in [3.05, 3.63) is 66.0 Å². The Kier molecular flexibility index (Phi) is 15.1. The van der Waals surface area contributed by atoms with Gasteiger partial charge in [0.15, 0.2) is 12.4 Å². The summed E-state index contributed by atoms with van der Waals surface area (Å²) >= 11 is 0. The Bertz CT molecular complexity index is 825. The maximum atomic E-state index is 13.0. The quantitative estimate of drug-likeness (QED) is 0.336. The summed E-state index contributed by atoms with van der Waals surface area (Å²) in [5, 5.41) is 12.5. The van der Waals surface area contributed by atoms with E-state index in [0.29, 0.717) is 26.2 Å². The molecule has 0 saturated heterocycles. The maximum absolute atomic E-state index is 13.0. The number of likely N-dealkylation sites (N-methyl/N-ethyl adjacent to an activating group) is 1. The minimum atomic E-state index is -0.580. The Morgan fingerprint density at radius 1 is 1.18 bits per heavy atom. The van der Waals surface area contributed by atoms with Crippen LogP contribution in [-0.4, -0.2) is 48.2 Å². The lowest BCUT2D eigenvalue weighted by Gasteiger charge is -2.25. The van der Waals surface area contributed by atoms with Crippen LogP contribution < -0.4 is 28.0 Å². The van der Waals surface area contributed by atoms with Gasteiger partial charge in [-0.3, -0.25) is 4.79 Å². The number of carbonyl (C=O) groups is 2. The van der Waals surface area contributed by atoms with Crippen molar-refractivity contribution in [2.45, 2.75) is 33.0 Å². The van der Waals surface area contributed by atoms with E-state index in [-0.39, 0.29) is 50.0 Å². The van der Waals surface area contributed by atoms with Crippen LogP contribution in [0.2, 0.25) is 0 Å². The summed E-state index contributed by atoms with van der Waals surface area (Å²) in [7, 11) is 0. The first-order chi connectivity index (χ1) is 15.0. The van der Waals surface area contributed by atoms with Crippen LogP contribution in [0, 0.1) is 5.92 Å². The lowest BCUT2D eigenvalue weighted by Crippen LogP contribution is -3.00. The molecule has 2 rings (SSSR count). The van der Waals surface area contributed by atoms with Gasteiger partial charge in [-0.1, -0.05) is 37.3 Å². The first-order valence-electron chi connectivity index (χ1n) is 10.5. The van der Waals surface area contributed by atoms with Gasteiger partial charge < -0.3 is 38.2 Å². The third-order valence-corrected chi connectivity index (χ3v) is 5.05. The number of rotatable bonds is 11. The van der Waals surface area contributed by atoms with Gasteiger partial charge in [-0.15, -0.1) is 12.4 Å². The molecule has 0 radical (unpaired) electrons. The number of benzene rings is 1. The van der Waals surface area contributed by atoms with Gasteiger partial charge in [-0.25, -0.2) is 4.79 Å². The number of alkyl carbamates (subject to hydrolysis) is 1. The van der Waals surface area contributed by atoms with E-state index < -0.39 is 12.0 Å². The van der Waals surface area contributed by atoms with Crippen molar-refractivity contribution in [1.82, 2.24) is 10.2 Å². The summed E-state index contributed by atoms with van der Waals surface area (Å²) in [5.41, 5.74) is 7.26. The van der Waals surface area contributed by atoms with Crippen molar-refractivity contribution in [3.8, 4) is 0 Å². The number of nitrogens with zero attached hydrogens (tertiary/aromatic N) is 2. The van der Waals surface area contributed by atoms with E-state index in [4.69, 9.17) is 10.5 Å². The molecule has 184 valence electrons. The van der Waals surface area contributed by atoms with Crippen LogP contribution in [0.1, 0.15) is 30.9 Å². The third-order valence-electron chi connectivity index (χ3n) is 5.05. The fourth-order valence-corrected chi connectivity index (χ4v) is 3.00. The normalized spacial score (nSPS) is 11.9. The Morgan fingerprint density at radius 2 is 1.82 bits per heavy atom. The molecular formula is C23H34Cl2N4O4. The number of hydrogen-bond acceptors (Lipinski definition) is 5. The highest BCUT2D eigenvalue weighted by Crippen LogP contribution is 2.19. The molecule has 4 N–H and O–H groups in total. The van der Waals surface area contributed by atoms with Crippen molar-refractivity contribution in [2.24, 2.45) is 11.7 Å². The predicted octanol–water partition coefficient (Wildman–Crippen LogP) is -1.20. The molecule has 0 aliphatic carbocycles. The largest absolute Gasteiger partial charge is 1.00 e. The van der Waals surface area contributed by atoms with Gasteiger partial charge in [-0.2, -0.15) is 4.57 Å². The number of aliphatic hydroxyl groups excluding tert-OH is 1. The lowest BCUT2D eigenvalue weighted by molar-refractivity contribution is -0.727. The molecule has 10 heteroatoms. The number of aliphatic hydroxyl groups is 1. The average molecular weight is 501 g/mol. The predicted molar refractivity (Wildman–Crippen MR) is 124 cm³/mol. The molecule has 2 aromatic rings. The van der Waals surface area contributed by atoms with Gasteiger partial charge in [-0.05, 0) is 30.5 Å². The molecule has 0 spiro atoms. The SMILES string of the molecule is CCN(Cc1cc[n+](COC(=O)NCC(C)CN)cc1)C(=O)C(CO)c1ccccc1.Cl.[Cl-]. The average Bonchev–Trinajstić information content (AvgIpc) is 2.81. The highest BCUT2D eigenvalue weighted by atomic mass is 35.5. The Morgan fingerprint density at radius 3 is 2.36 bits per heavy atom. The minimum Gasteiger partial charge on any atom is -1.00 e. The summed E-state index contributed by atoms with van der Waals surface area (Å²) in [6, 6.07) is 13.1. The number of amides is 2. The van der Waals surface area contributed by atoms with E-state index in [1.807, 2.05) is 56.3 Å². The van der Waals surface area contributed by atoms with Crippen LogP contribution in [0.3, 0.4) is 0 Å². The molecule has 1 heterocycles. The second-order valence-electron chi connectivity index (χ2n) is 7.50. The van der Waals surface area contributed by atoms with Crippen LogP contribution >= 0.6 is 12.4 Å². The smallest absolute Gasteiger partial charge is 0.412 e. The summed E-state index contributed by atoms with van der Waals surface area (Å²) in [4.78, 5) is 26.4. The summed E-state index contributed by atoms with van der Waals surface area (Å²) in [6.45, 7) is 5.63. The minimum absolute atomic E-state index is 0. The molecule has 0 bridgehead atoms. The molecule has 2 unspecified atom stereocenters. The molecule has 1 aromatic heterocycles. The number of pyridine rings is 1. The molecule has 0 fully saturated rings. The zero-order valence-corrected chi connectivity index (χ0v) is 20.6. The molecule has 33 heavy (non-hydrogen) atoms. The van der Waals surface area contributed by atoms with E-state index >= 15 is 0 Å². The van der Waals surface area contributed by atoms with Gasteiger partial charge in [0, 0.05) is 31.8 Å².